The highest BCUT2D eigenvalue weighted by Crippen LogP contribution is 2.80. The molecule has 4 aliphatic carbocycles. The van der Waals surface area contributed by atoms with Gasteiger partial charge in [-0.05, 0) is 72.5 Å². The Bertz CT molecular complexity index is 466. The molecule has 0 aliphatic heterocycles. The summed E-state index contributed by atoms with van der Waals surface area (Å²) in [6.07, 6.45) is 7.47. The molecular formula is C20H34O2. The number of hydrogen-bond acceptors (Lipinski definition) is 2. The van der Waals surface area contributed by atoms with Crippen LogP contribution < -0.4 is 0 Å². The maximum atomic E-state index is 11.0. The summed E-state index contributed by atoms with van der Waals surface area (Å²) in [4.78, 5) is 0. The van der Waals surface area contributed by atoms with Crippen LogP contribution >= 0.6 is 0 Å². The molecule has 4 rings (SSSR count). The number of fused-ring (bicyclic) bond motifs is 2. The first-order valence-corrected chi connectivity index (χ1v) is 9.60. The fourth-order valence-corrected chi connectivity index (χ4v) is 8.11. The second-order valence-electron chi connectivity index (χ2n) is 10.0. The zero-order valence-corrected chi connectivity index (χ0v) is 14.8. The lowest BCUT2D eigenvalue weighted by atomic mass is 9.26. The van der Waals surface area contributed by atoms with E-state index >= 15 is 0 Å². The van der Waals surface area contributed by atoms with E-state index in [9.17, 15) is 10.2 Å². The van der Waals surface area contributed by atoms with Gasteiger partial charge in [0, 0.05) is 12.0 Å². The van der Waals surface area contributed by atoms with Crippen molar-refractivity contribution in [3.05, 3.63) is 0 Å². The van der Waals surface area contributed by atoms with Gasteiger partial charge in [0.25, 0.3) is 0 Å². The molecule has 4 aliphatic rings. The van der Waals surface area contributed by atoms with Gasteiger partial charge in [0.05, 0.1) is 6.10 Å². The first-order chi connectivity index (χ1) is 10.3. The summed E-state index contributed by atoms with van der Waals surface area (Å²) in [7, 11) is 0. The molecule has 0 aromatic carbocycles. The third-order valence-electron chi connectivity index (χ3n) is 9.10. The van der Waals surface area contributed by atoms with Crippen LogP contribution in [0.5, 0.6) is 0 Å². The largest absolute Gasteiger partial charge is 0.396 e. The van der Waals surface area contributed by atoms with E-state index in [0.29, 0.717) is 35.7 Å². The highest BCUT2D eigenvalue weighted by atomic mass is 16.3. The molecule has 2 nitrogen and oxygen atoms in total. The summed E-state index contributed by atoms with van der Waals surface area (Å²) in [5, 5.41) is 21.0. The Morgan fingerprint density at radius 2 is 1.82 bits per heavy atom. The van der Waals surface area contributed by atoms with E-state index < -0.39 is 0 Å². The maximum Gasteiger partial charge on any atom is 0.0635 e. The summed E-state index contributed by atoms with van der Waals surface area (Å²) in [5.74, 6) is 3.31. The van der Waals surface area contributed by atoms with Gasteiger partial charge in [-0.2, -0.15) is 0 Å². The van der Waals surface area contributed by atoms with Crippen molar-refractivity contribution < 1.29 is 10.2 Å². The van der Waals surface area contributed by atoms with Crippen molar-refractivity contribution >= 4 is 0 Å². The smallest absolute Gasteiger partial charge is 0.0635 e. The first-order valence-electron chi connectivity index (χ1n) is 9.60. The molecule has 2 N–H and O–H groups in total. The molecule has 8 atom stereocenters. The summed E-state index contributed by atoms with van der Waals surface area (Å²) < 4.78 is 0. The van der Waals surface area contributed by atoms with Crippen molar-refractivity contribution in [1.82, 2.24) is 0 Å². The highest BCUT2D eigenvalue weighted by Gasteiger charge is 2.77. The Morgan fingerprint density at radius 3 is 2.41 bits per heavy atom. The van der Waals surface area contributed by atoms with E-state index in [2.05, 4.69) is 27.7 Å². The van der Waals surface area contributed by atoms with Crippen molar-refractivity contribution in [1.29, 1.82) is 0 Å². The van der Waals surface area contributed by atoms with Crippen LogP contribution in [0.15, 0.2) is 0 Å². The summed E-state index contributed by atoms with van der Waals surface area (Å²) in [6, 6.07) is 0. The molecule has 8 unspecified atom stereocenters. The molecule has 0 heterocycles. The second kappa shape index (κ2) is 4.51. The standard InChI is InChI=1S/C20H34O2/c1-12(2)16-13-10-15-19(4)8-5-7-18(3,11-21)14(19)6-9-20(13,15)17(16)22/h12-17,21-22H,5-11H2,1-4H3. The SMILES string of the molecule is CC(C)C1C(O)C23CCC4C(C)(CO)CCCC4(C)C2CC13. The van der Waals surface area contributed by atoms with Crippen molar-refractivity contribution in [3.8, 4) is 0 Å². The first kappa shape index (κ1) is 15.4. The van der Waals surface area contributed by atoms with E-state index in [0.717, 1.165) is 5.92 Å². The number of hydrogen-bond donors (Lipinski definition) is 2. The molecule has 4 fully saturated rings. The van der Waals surface area contributed by atoms with Gasteiger partial charge in [-0.25, -0.2) is 0 Å². The van der Waals surface area contributed by atoms with Crippen LogP contribution in [0.4, 0.5) is 0 Å². The number of aliphatic hydroxyl groups excluding tert-OH is 2. The lowest BCUT2D eigenvalue weighted by molar-refractivity contribution is -0.349. The van der Waals surface area contributed by atoms with E-state index in [1.165, 1.54) is 38.5 Å². The Labute approximate surface area is 135 Å². The minimum absolute atomic E-state index is 0.0589. The average Bonchev–Trinajstić information content (AvgIpc) is 2.45. The van der Waals surface area contributed by atoms with Gasteiger partial charge < -0.3 is 10.2 Å². The lowest BCUT2D eigenvalue weighted by Gasteiger charge is -2.79. The summed E-state index contributed by atoms with van der Waals surface area (Å²) >= 11 is 0. The van der Waals surface area contributed by atoms with Gasteiger partial charge in [0.2, 0.25) is 0 Å². The molecule has 0 bridgehead atoms. The Morgan fingerprint density at radius 1 is 1.09 bits per heavy atom. The quantitative estimate of drug-likeness (QED) is 0.813. The average molecular weight is 306 g/mol. The third-order valence-corrected chi connectivity index (χ3v) is 9.10. The van der Waals surface area contributed by atoms with Gasteiger partial charge in [-0.15, -0.1) is 0 Å². The van der Waals surface area contributed by atoms with Crippen LogP contribution in [-0.4, -0.2) is 22.9 Å². The summed E-state index contributed by atoms with van der Waals surface area (Å²) in [6.45, 7) is 9.72. The molecule has 1 spiro atoms. The fraction of sp³-hybridized carbons (Fsp3) is 1.00. The normalized spacial score (nSPS) is 59.9. The molecule has 4 saturated carbocycles. The van der Waals surface area contributed by atoms with Crippen LogP contribution in [0, 0.1) is 45.8 Å². The highest BCUT2D eigenvalue weighted by molar-refractivity contribution is 5.25. The van der Waals surface area contributed by atoms with Crippen LogP contribution in [0.1, 0.15) is 66.2 Å². The molecule has 0 aromatic rings. The zero-order valence-electron chi connectivity index (χ0n) is 14.8. The number of rotatable bonds is 2. The van der Waals surface area contributed by atoms with Crippen LogP contribution in [0.2, 0.25) is 0 Å². The molecule has 0 amide bonds. The number of aliphatic hydroxyl groups is 2. The van der Waals surface area contributed by atoms with Gasteiger partial charge in [0.15, 0.2) is 0 Å². The lowest BCUT2D eigenvalue weighted by Crippen LogP contribution is -2.78. The van der Waals surface area contributed by atoms with E-state index in [1.54, 1.807) is 0 Å². The van der Waals surface area contributed by atoms with Gasteiger partial charge >= 0.3 is 0 Å². The molecule has 2 heteroatoms. The van der Waals surface area contributed by atoms with E-state index in [1.807, 2.05) is 0 Å². The van der Waals surface area contributed by atoms with Crippen molar-refractivity contribution in [3.63, 3.8) is 0 Å². The second-order valence-corrected chi connectivity index (χ2v) is 10.0. The van der Waals surface area contributed by atoms with Crippen LogP contribution in [0.3, 0.4) is 0 Å². The van der Waals surface area contributed by atoms with E-state index in [4.69, 9.17) is 0 Å². The molecule has 0 radical (unpaired) electrons. The molecule has 126 valence electrons. The monoisotopic (exact) mass is 306 g/mol. The molecule has 22 heavy (non-hydrogen) atoms. The summed E-state index contributed by atoms with van der Waals surface area (Å²) in [5.41, 5.74) is 0.729. The van der Waals surface area contributed by atoms with Gasteiger partial charge in [-0.3, -0.25) is 0 Å². The Hall–Kier alpha value is -0.0800. The minimum Gasteiger partial charge on any atom is -0.396 e. The fourth-order valence-electron chi connectivity index (χ4n) is 8.11. The van der Waals surface area contributed by atoms with Crippen molar-refractivity contribution in [2.24, 2.45) is 45.8 Å². The van der Waals surface area contributed by atoms with Crippen molar-refractivity contribution in [2.75, 3.05) is 6.61 Å². The predicted octanol–water partition coefficient (Wildman–Crippen LogP) is 3.85. The third kappa shape index (κ3) is 1.50. The van der Waals surface area contributed by atoms with Crippen LogP contribution in [0.25, 0.3) is 0 Å². The zero-order chi connectivity index (χ0) is 15.9. The molecule has 0 saturated heterocycles. The molecular weight excluding hydrogens is 272 g/mol. The van der Waals surface area contributed by atoms with E-state index in [-0.39, 0.29) is 16.9 Å². The van der Waals surface area contributed by atoms with Crippen LogP contribution in [-0.2, 0) is 0 Å². The topological polar surface area (TPSA) is 40.5 Å². The Balaban J connectivity index is 1.65. The van der Waals surface area contributed by atoms with Crippen molar-refractivity contribution in [2.45, 2.75) is 72.3 Å². The Kier molecular flexibility index (Phi) is 3.16. The minimum atomic E-state index is -0.0589. The van der Waals surface area contributed by atoms with Gasteiger partial charge in [0.1, 0.15) is 0 Å². The molecule has 0 aromatic heterocycles. The predicted molar refractivity (Wildman–Crippen MR) is 88.2 cm³/mol. The maximum absolute atomic E-state index is 11.0. The van der Waals surface area contributed by atoms with Gasteiger partial charge in [-0.1, -0.05) is 34.1 Å².